The van der Waals surface area contributed by atoms with E-state index in [2.05, 4.69) is 4.98 Å². The van der Waals surface area contributed by atoms with Gasteiger partial charge < -0.3 is 14.7 Å². The van der Waals surface area contributed by atoms with Crippen molar-refractivity contribution in [2.45, 2.75) is 18.9 Å². The summed E-state index contributed by atoms with van der Waals surface area (Å²) in [5.41, 5.74) is 0. The summed E-state index contributed by atoms with van der Waals surface area (Å²) in [5.74, 6) is -0.392. The average Bonchev–Trinajstić information content (AvgIpc) is 2.80. The van der Waals surface area contributed by atoms with Crippen LogP contribution in [0, 0.1) is 11.7 Å². The van der Waals surface area contributed by atoms with E-state index in [-0.39, 0.29) is 42.0 Å². The molecule has 3 aliphatic heterocycles. The minimum Gasteiger partial charge on any atom is -0.351 e. The van der Waals surface area contributed by atoms with Crippen molar-refractivity contribution in [2.75, 3.05) is 38.6 Å². The van der Waals surface area contributed by atoms with Crippen LogP contribution in [-0.2, 0) is 9.59 Å². The van der Waals surface area contributed by atoms with Crippen LogP contribution < -0.4 is 4.90 Å². The molecule has 1 aromatic heterocycles. The molecule has 2 amide bonds. The summed E-state index contributed by atoms with van der Waals surface area (Å²) in [5, 5.41) is 0. The van der Waals surface area contributed by atoms with Crippen molar-refractivity contribution in [1.29, 1.82) is 0 Å². The summed E-state index contributed by atoms with van der Waals surface area (Å²) in [6.45, 7) is 1.05. The van der Waals surface area contributed by atoms with Crippen molar-refractivity contribution < 1.29 is 14.0 Å². The van der Waals surface area contributed by atoms with E-state index in [9.17, 15) is 14.0 Å². The Labute approximate surface area is 134 Å². The molecule has 1 aromatic rings. The molecule has 4 heterocycles. The maximum Gasteiger partial charge on any atom is 0.241 e. The third-order valence-corrected chi connectivity index (χ3v) is 4.64. The number of halogens is 1. The van der Waals surface area contributed by atoms with Crippen LogP contribution >= 0.6 is 0 Å². The zero-order valence-electron chi connectivity index (χ0n) is 13.4. The highest BCUT2D eigenvalue weighted by Gasteiger charge is 2.42. The maximum absolute atomic E-state index is 14.0. The largest absolute Gasteiger partial charge is 0.351 e. The van der Waals surface area contributed by atoms with E-state index < -0.39 is 0 Å². The molecule has 3 fully saturated rings. The van der Waals surface area contributed by atoms with Gasteiger partial charge in [0.2, 0.25) is 11.8 Å². The third kappa shape index (κ3) is 3.00. The van der Waals surface area contributed by atoms with Gasteiger partial charge in [-0.25, -0.2) is 9.37 Å². The van der Waals surface area contributed by atoms with Crippen LogP contribution in [0.4, 0.5) is 10.2 Å². The van der Waals surface area contributed by atoms with Gasteiger partial charge in [0, 0.05) is 39.4 Å². The van der Waals surface area contributed by atoms with Gasteiger partial charge in [-0.2, -0.15) is 0 Å². The van der Waals surface area contributed by atoms with Gasteiger partial charge in [0.1, 0.15) is 6.54 Å². The van der Waals surface area contributed by atoms with Gasteiger partial charge in [-0.1, -0.05) is 0 Å². The number of nitrogens with zero attached hydrogens (tertiary/aromatic N) is 4. The van der Waals surface area contributed by atoms with Crippen LogP contribution in [0.2, 0.25) is 0 Å². The SMILES string of the molecule is CN(C)C(=O)CN1C(=O)[C@H]2CC[C@@H]1CN(c1ncccc1F)C2. The molecular formula is C16H21FN4O2. The number of fused-ring (bicyclic) bond motifs is 4. The monoisotopic (exact) mass is 320 g/mol. The van der Waals surface area contributed by atoms with E-state index in [4.69, 9.17) is 0 Å². The highest BCUT2D eigenvalue weighted by Crippen LogP contribution is 2.31. The topological polar surface area (TPSA) is 56.8 Å². The first-order valence-corrected chi connectivity index (χ1v) is 7.83. The molecular weight excluding hydrogens is 299 g/mol. The molecule has 4 rings (SSSR count). The molecule has 0 radical (unpaired) electrons. The van der Waals surface area contributed by atoms with Crippen LogP contribution in [-0.4, -0.2) is 66.4 Å². The second kappa shape index (κ2) is 6.14. The van der Waals surface area contributed by atoms with E-state index in [0.29, 0.717) is 13.1 Å². The van der Waals surface area contributed by atoms with E-state index in [1.165, 1.54) is 11.0 Å². The summed E-state index contributed by atoms with van der Waals surface area (Å²) in [7, 11) is 3.36. The first kappa shape index (κ1) is 15.7. The number of amides is 2. The number of pyridine rings is 1. The second-order valence-corrected chi connectivity index (χ2v) is 6.40. The van der Waals surface area contributed by atoms with Crippen molar-refractivity contribution in [1.82, 2.24) is 14.8 Å². The fourth-order valence-electron chi connectivity index (χ4n) is 3.32. The summed E-state index contributed by atoms with van der Waals surface area (Å²) in [6, 6.07) is 2.86. The lowest BCUT2D eigenvalue weighted by atomic mass is 9.94. The summed E-state index contributed by atoms with van der Waals surface area (Å²) in [6.07, 6.45) is 3.17. The summed E-state index contributed by atoms with van der Waals surface area (Å²) >= 11 is 0. The Morgan fingerprint density at radius 2 is 2.17 bits per heavy atom. The highest BCUT2D eigenvalue weighted by molar-refractivity contribution is 5.87. The van der Waals surface area contributed by atoms with Gasteiger partial charge in [-0.3, -0.25) is 9.59 Å². The Bertz CT molecular complexity index is 622. The number of carbonyl (C=O) groups is 2. The smallest absolute Gasteiger partial charge is 0.241 e. The maximum atomic E-state index is 14.0. The fourth-order valence-corrected chi connectivity index (χ4v) is 3.32. The Hall–Kier alpha value is -2.18. The van der Waals surface area contributed by atoms with Gasteiger partial charge in [0.05, 0.1) is 5.92 Å². The molecule has 0 spiro atoms. The Morgan fingerprint density at radius 1 is 1.39 bits per heavy atom. The van der Waals surface area contributed by atoms with Crippen LogP contribution in [0.5, 0.6) is 0 Å². The van der Waals surface area contributed by atoms with Crippen LogP contribution in [0.1, 0.15) is 12.8 Å². The van der Waals surface area contributed by atoms with Crippen molar-refractivity contribution in [3.63, 3.8) is 0 Å². The Balaban J connectivity index is 1.83. The second-order valence-electron chi connectivity index (χ2n) is 6.40. The lowest BCUT2D eigenvalue weighted by Crippen LogP contribution is -2.51. The average molecular weight is 320 g/mol. The van der Waals surface area contributed by atoms with Crippen LogP contribution in [0.15, 0.2) is 18.3 Å². The molecule has 2 bridgehead atoms. The molecule has 3 saturated heterocycles. The van der Waals surface area contributed by atoms with Crippen molar-refractivity contribution in [2.24, 2.45) is 5.92 Å². The lowest BCUT2D eigenvalue weighted by molar-refractivity contribution is -0.145. The first-order valence-electron chi connectivity index (χ1n) is 7.83. The van der Waals surface area contributed by atoms with Crippen LogP contribution in [0.3, 0.4) is 0 Å². The number of aromatic nitrogens is 1. The van der Waals surface area contributed by atoms with Crippen LogP contribution in [0.25, 0.3) is 0 Å². The molecule has 0 N–H and O–H groups in total. The minimum atomic E-state index is -0.378. The number of likely N-dealkylation sites (N-methyl/N-ethyl adjacent to an activating group) is 1. The van der Waals surface area contributed by atoms with Crippen molar-refractivity contribution >= 4 is 17.6 Å². The van der Waals surface area contributed by atoms with E-state index in [0.717, 1.165) is 12.8 Å². The van der Waals surface area contributed by atoms with Gasteiger partial charge in [0.25, 0.3) is 0 Å². The summed E-state index contributed by atoms with van der Waals surface area (Å²) in [4.78, 5) is 33.8. The van der Waals surface area contributed by atoms with E-state index >= 15 is 0 Å². The molecule has 6 nitrogen and oxygen atoms in total. The zero-order valence-corrected chi connectivity index (χ0v) is 13.4. The molecule has 7 heteroatoms. The third-order valence-electron chi connectivity index (χ3n) is 4.64. The number of rotatable bonds is 3. The normalized spacial score (nSPS) is 23.9. The standard InChI is InChI=1S/C16H21FN4O2/c1-19(2)14(22)10-21-12-6-5-11(16(21)23)8-20(9-12)15-13(17)4-3-7-18-15/h3-4,7,11-12H,5-6,8-10H2,1-2H3/t11-,12+/m0/s1. The molecule has 124 valence electrons. The molecule has 0 saturated carbocycles. The number of piperidine rings is 1. The van der Waals surface area contributed by atoms with E-state index in [1.54, 1.807) is 31.3 Å². The molecule has 3 aliphatic rings. The molecule has 0 unspecified atom stereocenters. The van der Waals surface area contributed by atoms with Gasteiger partial charge in [-0.15, -0.1) is 0 Å². The van der Waals surface area contributed by atoms with Gasteiger partial charge in [-0.05, 0) is 25.0 Å². The van der Waals surface area contributed by atoms with Gasteiger partial charge >= 0.3 is 0 Å². The molecule has 23 heavy (non-hydrogen) atoms. The first-order chi connectivity index (χ1) is 11.0. The predicted octanol–water partition coefficient (Wildman–Crippen LogP) is 0.736. The summed E-state index contributed by atoms with van der Waals surface area (Å²) < 4.78 is 14.0. The Kier molecular flexibility index (Phi) is 4.19. The quantitative estimate of drug-likeness (QED) is 0.824. The van der Waals surface area contributed by atoms with Crippen molar-refractivity contribution in [3.8, 4) is 0 Å². The van der Waals surface area contributed by atoms with E-state index in [1.807, 2.05) is 4.90 Å². The predicted molar refractivity (Wildman–Crippen MR) is 83.3 cm³/mol. The molecule has 0 aromatic carbocycles. The fraction of sp³-hybridized carbons (Fsp3) is 0.562. The zero-order chi connectivity index (χ0) is 16.6. The van der Waals surface area contributed by atoms with Crippen molar-refractivity contribution in [3.05, 3.63) is 24.1 Å². The van der Waals surface area contributed by atoms with Gasteiger partial charge in [0.15, 0.2) is 11.6 Å². The minimum absolute atomic E-state index is 0.00436. The number of hydrogen-bond donors (Lipinski definition) is 0. The lowest BCUT2D eigenvalue weighted by Gasteiger charge is -2.35. The molecule has 2 atom stereocenters. The molecule has 0 aliphatic carbocycles. The number of carbonyl (C=O) groups excluding carboxylic acids is 2. The Morgan fingerprint density at radius 3 is 2.87 bits per heavy atom. The number of hydrogen-bond acceptors (Lipinski definition) is 4. The highest BCUT2D eigenvalue weighted by atomic mass is 19.1. The number of anilines is 1.